The lowest BCUT2D eigenvalue weighted by Gasteiger charge is -2.20. The first kappa shape index (κ1) is 18.8. The minimum absolute atomic E-state index is 0.0339. The van der Waals surface area contributed by atoms with E-state index in [1.807, 2.05) is 42.6 Å². The van der Waals surface area contributed by atoms with Crippen molar-refractivity contribution in [3.63, 3.8) is 0 Å². The van der Waals surface area contributed by atoms with E-state index in [1.54, 1.807) is 11.6 Å². The molecule has 4 nitrogen and oxygen atoms in total. The van der Waals surface area contributed by atoms with Crippen molar-refractivity contribution >= 4 is 10.8 Å². The molecule has 4 heteroatoms. The van der Waals surface area contributed by atoms with Gasteiger partial charge in [0.05, 0.1) is 6.61 Å². The van der Waals surface area contributed by atoms with Crippen LogP contribution in [0.5, 0.6) is 5.75 Å². The Balaban J connectivity index is 1.44. The van der Waals surface area contributed by atoms with Crippen molar-refractivity contribution in [3.8, 4) is 16.9 Å². The van der Waals surface area contributed by atoms with Crippen LogP contribution >= 0.6 is 0 Å². The summed E-state index contributed by atoms with van der Waals surface area (Å²) in [5, 5.41) is 1.73. The molecular weight excluding hydrogens is 348 g/mol. The smallest absolute Gasteiger partial charge is 0.258 e. The van der Waals surface area contributed by atoms with E-state index in [4.69, 9.17) is 4.74 Å². The van der Waals surface area contributed by atoms with Crippen LogP contribution in [-0.4, -0.2) is 35.2 Å². The second-order valence-electron chi connectivity index (χ2n) is 7.76. The van der Waals surface area contributed by atoms with Gasteiger partial charge in [0.1, 0.15) is 5.75 Å². The van der Waals surface area contributed by atoms with E-state index >= 15 is 0 Å². The van der Waals surface area contributed by atoms with Crippen LogP contribution < -0.4 is 10.3 Å². The quantitative estimate of drug-likeness (QED) is 0.596. The fourth-order valence-corrected chi connectivity index (χ4v) is 4.16. The summed E-state index contributed by atoms with van der Waals surface area (Å²) in [4.78, 5) is 14.9. The number of ether oxygens (including phenoxy) is 1. The van der Waals surface area contributed by atoms with Gasteiger partial charge in [-0.1, -0.05) is 30.3 Å². The maximum atomic E-state index is 12.4. The minimum Gasteiger partial charge on any atom is -0.494 e. The SMILES string of the molecule is C[C@@H]1CCCN1CCCOc1ccc(-c2cn(C)c(=O)c3ccccc23)cc1. The number of fused-ring (bicyclic) bond motifs is 1. The predicted octanol–water partition coefficient (Wildman–Crippen LogP) is 4.46. The van der Waals surface area contributed by atoms with Crippen molar-refractivity contribution in [2.75, 3.05) is 19.7 Å². The Morgan fingerprint density at radius 1 is 1.07 bits per heavy atom. The maximum absolute atomic E-state index is 12.4. The highest BCUT2D eigenvalue weighted by Gasteiger charge is 2.19. The number of hydrogen-bond acceptors (Lipinski definition) is 3. The lowest BCUT2D eigenvalue weighted by atomic mass is 10.0. The van der Waals surface area contributed by atoms with E-state index in [9.17, 15) is 4.79 Å². The number of rotatable bonds is 6. The van der Waals surface area contributed by atoms with Gasteiger partial charge in [0.25, 0.3) is 5.56 Å². The van der Waals surface area contributed by atoms with Gasteiger partial charge in [0.15, 0.2) is 0 Å². The minimum atomic E-state index is 0.0339. The van der Waals surface area contributed by atoms with Gasteiger partial charge in [0.2, 0.25) is 0 Å². The van der Waals surface area contributed by atoms with Crippen LogP contribution in [0, 0.1) is 0 Å². The average molecular weight is 377 g/mol. The van der Waals surface area contributed by atoms with E-state index < -0.39 is 0 Å². The third kappa shape index (κ3) is 3.83. The van der Waals surface area contributed by atoms with Gasteiger partial charge < -0.3 is 14.2 Å². The first-order valence-corrected chi connectivity index (χ1v) is 10.2. The molecule has 1 atom stereocenters. The fraction of sp³-hybridized carbons (Fsp3) is 0.375. The van der Waals surface area contributed by atoms with Gasteiger partial charge in [-0.05, 0) is 61.9 Å². The molecular formula is C24H28N2O2. The highest BCUT2D eigenvalue weighted by atomic mass is 16.5. The summed E-state index contributed by atoms with van der Waals surface area (Å²) in [7, 11) is 1.80. The number of aryl methyl sites for hydroxylation is 1. The molecule has 0 saturated carbocycles. The summed E-state index contributed by atoms with van der Waals surface area (Å²) in [6, 6.07) is 16.7. The number of nitrogens with zero attached hydrogens (tertiary/aromatic N) is 2. The molecule has 2 aromatic carbocycles. The Morgan fingerprint density at radius 3 is 2.54 bits per heavy atom. The predicted molar refractivity (Wildman–Crippen MR) is 115 cm³/mol. The van der Waals surface area contributed by atoms with Gasteiger partial charge in [-0.2, -0.15) is 0 Å². The van der Waals surface area contributed by atoms with Crippen LogP contribution in [0.1, 0.15) is 26.2 Å². The van der Waals surface area contributed by atoms with Crippen molar-refractivity contribution in [3.05, 3.63) is 65.1 Å². The standard InChI is InChI=1S/C24H28N2O2/c1-18-7-5-14-26(18)15-6-16-28-20-12-10-19(11-13-20)23-17-25(2)24(27)22-9-4-3-8-21(22)23/h3-4,8-13,17-18H,5-7,14-16H2,1-2H3/t18-/m1/s1. The molecule has 0 radical (unpaired) electrons. The van der Waals surface area contributed by atoms with E-state index in [1.165, 1.54) is 19.4 Å². The van der Waals surface area contributed by atoms with E-state index in [0.29, 0.717) is 0 Å². The van der Waals surface area contributed by atoms with Crippen molar-refractivity contribution in [2.45, 2.75) is 32.2 Å². The maximum Gasteiger partial charge on any atom is 0.258 e. The normalized spacial score (nSPS) is 17.3. The molecule has 0 N–H and O–H groups in total. The largest absolute Gasteiger partial charge is 0.494 e. The Hall–Kier alpha value is -2.59. The van der Waals surface area contributed by atoms with Crippen LogP contribution in [0.15, 0.2) is 59.5 Å². The molecule has 0 amide bonds. The molecule has 0 aliphatic carbocycles. The lowest BCUT2D eigenvalue weighted by Crippen LogP contribution is -2.28. The van der Waals surface area contributed by atoms with E-state index in [2.05, 4.69) is 24.0 Å². The molecule has 3 aromatic rings. The summed E-state index contributed by atoms with van der Waals surface area (Å²) in [5.41, 5.74) is 2.18. The molecule has 2 heterocycles. The molecule has 0 spiro atoms. The van der Waals surface area contributed by atoms with E-state index in [0.717, 1.165) is 53.3 Å². The molecule has 1 saturated heterocycles. The van der Waals surface area contributed by atoms with Crippen LogP contribution in [-0.2, 0) is 7.05 Å². The van der Waals surface area contributed by atoms with Crippen molar-refractivity contribution in [2.24, 2.45) is 7.05 Å². The Kier molecular flexibility index (Phi) is 5.49. The number of pyridine rings is 1. The van der Waals surface area contributed by atoms with Crippen molar-refractivity contribution in [1.29, 1.82) is 0 Å². The first-order valence-electron chi connectivity index (χ1n) is 10.2. The Morgan fingerprint density at radius 2 is 1.82 bits per heavy atom. The fourth-order valence-electron chi connectivity index (χ4n) is 4.16. The molecule has 146 valence electrons. The summed E-state index contributed by atoms with van der Waals surface area (Å²) >= 11 is 0. The number of hydrogen-bond donors (Lipinski definition) is 0. The third-order valence-corrected chi connectivity index (χ3v) is 5.81. The number of aromatic nitrogens is 1. The monoisotopic (exact) mass is 376 g/mol. The van der Waals surface area contributed by atoms with Gasteiger partial charge in [-0.25, -0.2) is 0 Å². The molecule has 1 aliphatic rings. The average Bonchev–Trinajstić information content (AvgIpc) is 3.13. The molecule has 1 aliphatic heterocycles. The highest BCUT2D eigenvalue weighted by Crippen LogP contribution is 2.28. The van der Waals surface area contributed by atoms with E-state index in [-0.39, 0.29) is 5.56 Å². The second kappa shape index (κ2) is 8.19. The van der Waals surface area contributed by atoms with Gasteiger partial charge >= 0.3 is 0 Å². The second-order valence-corrected chi connectivity index (χ2v) is 7.76. The molecule has 1 aromatic heterocycles. The third-order valence-electron chi connectivity index (χ3n) is 5.81. The molecule has 28 heavy (non-hydrogen) atoms. The summed E-state index contributed by atoms with van der Waals surface area (Å²) in [5.74, 6) is 0.896. The van der Waals surface area contributed by atoms with Crippen LogP contribution in [0.25, 0.3) is 21.9 Å². The van der Waals surface area contributed by atoms with Crippen LogP contribution in [0.3, 0.4) is 0 Å². The highest BCUT2D eigenvalue weighted by molar-refractivity contribution is 5.95. The lowest BCUT2D eigenvalue weighted by molar-refractivity contribution is 0.230. The van der Waals surface area contributed by atoms with Gasteiger partial charge in [-0.3, -0.25) is 4.79 Å². The topological polar surface area (TPSA) is 34.5 Å². The Labute approximate surface area is 166 Å². The van der Waals surface area contributed by atoms with Crippen LogP contribution in [0.4, 0.5) is 0 Å². The van der Waals surface area contributed by atoms with Crippen LogP contribution in [0.2, 0.25) is 0 Å². The number of likely N-dealkylation sites (tertiary alicyclic amines) is 1. The zero-order chi connectivity index (χ0) is 19.5. The molecule has 1 fully saturated rings. The molecule has 4 rings (SSSR count). The summed E-state index contributed by atoms with van der Waals surface area (Å²) in [6.45, 7) is 5.40. The zero-order valence-electron chi connectivity index (χ0n) is 16.7. The molecule has 0 unspecified atom stereocenters. The summed E-state index contributed by atoms with van der Waals surface area (Å²) in [6.07, 6.45) is 5.61. The number of benzene rings is 2. The van der Waals surface area contributed by atoms with Gasteiger partial charge in [0, 0.05) is 36.8 Å². The van der Waals surface area contributed by atoms with Crippen molar-refractivity contribution in [1.82, 2.24) is 9.47 Å². The van der Waals surface area contributed by atoms with Gasteiger partial charge in [-0.15, -0.1) is 0 Å². The first-order chi connectivity index (χ1) is 13.6. The summed E-state index contributed by atoms with van der Waals surface area (Å²) < 4.78 is 7.59. The Bertz CT molecular complexity index is 1010. The van der Waals surface area contributed by atoms with Crippen molar-refractivity contribution < 1.29 is 4.74 Å². The zero-order valence-corrected chi connectivity index (χ0v) is 16.7. The molecule has 0 bridgehead atoms.